The molecule has 5 heterocycles. The Balaban J connectivity index is 0.000000709. The van der Waals surface area contributed by atoms with Gasteiger partial charge < -0.3 is 19.5 Å². The average molecular weight is 530 g/mol. The van der Waals surface area contributed by atoms with Gasteiger partial charge in [0, 0.05) is 62.8 Å². The van der Waals surface area contributed by atoms with Gasteiger partial charge in [0.1, 0.15) is 26.4 Å². The van der Waals surface area contributed by atoms with E-state index in [1.165, 1.54) is 6.26 Å². The molecule has 1 atom stereocenters. The Morgan fingerprint density at radius 1 is 1.17 bits per heavy atom. The number of morpholine rings is 1. The minimum atomic E-state index is -1.61. The number of thiazole rings is 1. The number of aromatic nitrogens is 4. The van der Waals surface area contributed by atoms with Crippen molar-refractivity contribution >= 4 is 50.7 Å². The lowest BCUT2D eigenvalue weighted by molar-refractivity contribution is 0.122. The molecule has 36 heavy (non-hydrogen) atoms. The molecule has 0 radical (unpaired) electrons. The van der Waals surface area contributed by atoms with Gasteiger partial charge >= 0.3 is 0 Å². The van der Waals surface area contributed by atoms with E-state index in [0.717, 1.165) is 83.8 Å². The van der Waals surface area contributed by atoms with E-state index < -0.39 is 11.1 Å². The minimum absolute atomic E-state index is 0.655. The molecule has 0 aliphatic carbocycles. The lowest BCUT2D eigenvalue weighted by Crippen LogP contribution is -2.42. The second kappa shape index (κ2) is 12.6. The molecule has 0 bridgehead atoms. The molecular weight excluding hydrogens is 498 g/mol. The second-order valence-electron chi connectivity index (χ2n) is 8.29. The number of pyridine rings is 1. The van der Waals surface area contributed by atoms with E-state index in [2.05, 4.69) is 33.3 Å². The maximum atomic E-state index is 9.11. The molecule has 2 aliphatic rings. The van der Waals surface area contributed by atoms with Crippen molar-refractivity contribution in [2.45, 2.75) is 6.54 Å². The molecule has 192 valence electrons. The highest BCUT2D eigenvalue weighted by Gasteiger charge is 2.22. The Bertz CT molecular complexity index is 1230. The fraction of sp³-hybridized carbons (Fsp3) is 0.417. The maximum Gasteiger partial charge on any atom is 0.164 e. The normalized spacial score (nSPS) is 17.3. The van der Waals surface area contributed by atoms with E-state index in [4.69, 9.17) is 28.5 Å². The van der Waals surface area contributed by atoms with E-state index in [1.807, 2.05) is 6.07 Å². The van der Waals surface area contributed by atoms with Gasteiger partial charge in [-0.2, -0.15) is 0 Å². The van der Waals surface area contributed by atoms with Crippen LogP contribution in [0.25, 0.3) is 33.9 Å². The summed E-state index contributed by atoms with van der Waals surface area (Å²) < 4.78 is 22.2. The summed E-state index contributed by atoms with van der Waals surface area (Å²) in [5.41, 5.74) is 3.46. The van der Waals surface area contributed by atoms with Crippen molar-refractivity contribution in [3.63, 3.8) is 0 Å². The number of hydrogen-bond donors (Lipinski definition) is 2. The van der Waals surface area contributed by atoms with Gasteiger partial charge in [-0.3, -0.25) is 9.88 Å². The van der Waals surface area contributed by atoms with Gasteiger partial charge in [0.15, 0.2) is 11.6 Å². The van der Waals surface area contributed by atoms with Gasteiger partial charge in [0.2, 0.25) is 0 Å². The van der Waals surface area contributed by atoms with Crippen LogP contribution in [-0.4, -0.2) is 92.3 Å². The number of hydrogen-bond acceptors (Lipinski definition) is 10. The lowest BCUT2D eigenvalue weighted by Gasteiger charge is -2.28. The molecule has 3 aromatic heterocycles. The van der Waals surface area contributed by atoms with Crippen LogP contribution in [-0.2, 0) is 22.4 Å². The predicted octanol–water partition coefficient (Wildman–Crippen LogP) is 2.51. The van der Waals surface area contributed by atoms with Crippen LogP contribution in [0, 0.1) is 0 Å². The zero-order chi connectivity index (χ0) is 25.5. The van der Waals surface area contributed by atoms with Gasteiger partial charge in [0.25, 0.3) is 0 Å². The fourth-order valence-corrected chi connectivity index (χ4v) is 5.03. The van der Waals surface area contributed by atoms with Crippen LogP contribution in [0.15, 0.2) is 25.4 Å². The Morgan fingerprint density at radius 2 is 1.89 bits per heavy atom. The molecule has 12 heteroatoms. The summed E-state index contributed by atoms with van der Waals surface area (Å²) in [5, 5.41) is 4.48. The summed E-state index contributed by atoms with van der Waals surface area (Å²) in [6.07, 6.45) is 6.51. The standard InChI is InChI=1S/C23H27N7OS.CH4O2S/c1-3-16-13-17(14-25-18(16)4-2)21-27-22(30-9-11-31-12-10-30)20-23(28-21)32-19(26-20)15-29-7-5-24-6-8-29;1-4(2)3/h3-4,13-14,24H,1-2,5-12,15H2;1H3,(H,2,3). The van der Waals surface area contributed by atoms with Crippen molar-refractivity contribution in [2.24, 2.45) is 0 Å². The molecular formula is C24H31N7O3S2. The summed E-state index contributed by atoms with van der Waals surface area (Å²) in [6, 6.07) is 2.02. The Kier molecular flexibility index (Phi) is 9.24. The van der Waals surface area contributed by atoms with Crippen molar-refractivity contribution in [1.82, 2.24) is 30.2 Å². The second-order valence-corrected chi connectivity index (χ2v) is 10.2. The van der Waals surface area contributed by atoms with Crippen LogP contribution in [0.1, 0.15) is 16.3 Å². The number of rotatable bonds is 6. The van der Waals surface area contributed by atoms with Crippen LogP contribution in [0.4, 0.5) is 5.82 Å². The molecule has 1 unspecified atom stereocenters. The highest BCUT2D eigenvalue weighted by Crippen LogP contribution is 2.32. The zero-order valence-electron chi connectivity index (χ0n) is 20.4. The molecule has 0 saturated carbocycles. The number of ether oxygens (including phenoxy) is 1. The first kappa shape index (κ1) is 26.5. The predicted molar refractivity (Wildman–Crippen MR) is 146 cm³/mol. The van der Waals surface area contributed by atoms with Gasteiger partial charge in [-0.05, 0) is 12.1 Å². The van der Waals surface area contributed by atoms with Crippen molar-refractivity contribution in [1.29, 1.82) is 0 Å². The highest BCUT2D eigenvalue weighted by molar-refractivity contribution is 7.78. The summed E-state index contributed by atoms with van der Waals surface area (Å²) in [5.74, 6) is 1.53. The summed E-state index contributed by atoms with van der Waals surface area (Å²) in [7, 11) is 0. The lowest BCUT2D eigenvalue weighted by atomic mass is 10.1. The summed E-state index contributed by atoms with van der Waals surface area (Å²) >= 11 is 0.0455. The molecule has 2 fully saturated rings. The van der Waals surface area contributed by atoms with Crippen LogP contribution < -0.4 is 10.2 Å². The number of nitrogens with one attached hydrogen (secondary N) is 1. The molecule has 10 nitrogen and oxygen atoms in total. The molecule has 0 spiro atoms. The Labute approximate surface area is 217 Å². The van der Waals surface area contributed by atoms with Gasteiger partial charge in [-0.15, -0.1) is 0 Å². The number of nitrogens with zero attached hydrogens (tertiary/aromatic N) is 6. The summed E-state index contributed by atoms with van der Waals surface area (Å²) in [6.45, 7) is 15.7. The van der Waals surface area contributed by atoms with Crippen molar-refractivity contribution in [2.75, 3.05) is 63.6 Å². The maximum absolute atomic E-state index is 9.11. The van der Waals surface area contributed by atoms with E-state index >= 15 is 0 Å². The van der Waals surface area contributed by atoms with Gasteiger partial charge in [0.05, 0.1) is 25.5 Å². The third kappa shape index (κ3) is 6.58. The van der Waals surface area contributed by atoms with E-state index in [0.29, 0.717) is 19.0 Å². The molecule has 2 N–H and O–H groups in total. The smallest absolute Gasteiger partial charge is 0.164 e. The van der Waals surface area contributed by atoms with Crippen LogP contribution >= 0.6 is 11.3 Å². The van der Waals surface area contributed by atoms with Gasteiger partial charge in [-0.25, -0.2) is 19.2 Å². The molecule has 5 rings (SSSR count). The number of piperazine rings is 1. The molecule has 2 aliphatic heterocycles. The fourth-order valence-electron chi connectivity index (χ4n) is 4.05. The summed E-state index contributed by atoms with van der Waals surface area (Å²) in [4.78, 5) is 25.0. The molecule has 0 aromatic carbocycles. The van der Waals surface area contributed by atoms with Gasteiger partial charge in [-0.1, -0.05) is 30.6 Å². The topological polar surface area (TPSA) is 117 Å². The Morgan fingerprint density at radius 3 is 2.56 bits per heavy atom. The third-order valence-corrected chi connectivity index (χ3v) is 6.72. The minimum Gasteiger partial charge on any atom is -0.378 e. The molecule has 2 saturated heterocycles. The SMILES string of the molecule is C=Cc1cc(-c2nc(N3CCOCC3)c3nc(CN4CCNCC4)sc3n2)cnc1C=C.CS(=O)O. The van der Waals surface area contributed by atoms with Crippen LogP contribution in [0.3, 0.4) is 0 Å². The highest BCUT2D eigenvalue weighted by atomic mass is 32.2. The van der Waals surface area contributed by atoms with Crippen molar-refractivity contribution < 1.29 is 13.5 Å². The first-order chi connectivity index (χ1) is 17.5. The monoisotopic (exact) mass is 529 g/mol. The largest absolute Gasteiger partial charge is 0.378 e. The van der Waals surface area contributed by atoms with Crippen LogP contribution in [0.5, 0.6) is 0 Å². The first-order valence-electron chi connectivity index (χ1n) is 11.7. The molecule has 3 aromatic rings. The number of anilines is 1. The van der Waals surface area contributed by atoms with Crippen molar-refractivity contribution in [3.8, 4) is 11.4 Å². The van der Waals surface area contributed by atoms with Crippen LogP contribution in [0.2, 0.25) is 0 Å². The van der Waals surface area contributed by atoms with E-state index in [1.54, 1.807) is 29.7 Å². The van der Waals surface area contributed by atoms with Crippen molar-refractivity contribution in [3.05, 3.63) is 41.7 Å². The Hall–Kier alpha value is -2.61. The van der Waals surface area contributed by atoms with E-state index in [-0.39, 0.29) is 0 Å². The number of fused-ring (bicyclic) bond motifs is 1. The quantitative estimate of drug-likeness (QED) is 0.461. The van der Waals surface area contributed by atoms with E-state index in [9.17, 15) is 0 Å². The average Bonchev–Trinajstić information content (AvgIpc) is 3.30. The third-order valence-electron chi connectivity index (χ3n) is 5.78. The zero-order valence-corrected chi connectivity index (χ0v) is 22.0. The first-order valence-corrected chi connectivity index (χ1v) is 14.0. The molecule has 0 amide bonds.